The first-order valence-electron chi connectivity index (χ1n) is 14.2. The smallest absolute Gasteiger partial charge is 0.220 e. The van der Waals surface area contributed by atoms with Gasteiger partial charge in [-0.1, -0.05) is 24.3 Å². The largest absolute Gasteiger partial charge is 0.356 e. The van der Waals surface area contributed by atoms with Gasteiger partial charge < -0.3 is 16.0 Å². The minimum absolute atomic E-state index is 0.0120. The average Bonchev–Trinajstić information content (AvgIpc) is 2.89. The first kappa shape index (κ1) is 29.0. The first-order valence-corrected chi connectivity index (χ1v) is 16.1. The SMILES string of the molecule is CCNC(=O)CC1(C2CCNCC2CCC(c2cccc(F)c2)C2CCNCC2)C=CC(S(C)(=O)=O)=CC1. The van der Waals surface area contributed by atoms with Crippen LogP contribution in [0.25, 0.3) is 0 Å². The second kappa shape index (κ2) is 12.9. The van der Waals surface area contributed by atoms with Gasteiger partial charge in [0.05, 0.1) is 4.91 Å². The van der Waals surface area contributed by atoms with E-state index in [0.29, 0.717) is 42.0 Å². The van der Waals surface area contributed by atoms with Gasteiger partial charge in [-0.2, -0.15) is 0 Å². The molecule has 1 aliphatic carbocycles. The van der Waals surface area contributed by atoms with E-state index in [4.69, 9.17) is 0 Å². The van der Waals surface area contributed by atoms with E-state index < -0.39 is 15.3 Å². The van der Waals surface area contributed by atoms with Gasteiger partial charge in [-0.05, 0) is 119 Å². The second-order valence-electron chi connectivity index (χ2n) is 11.5. The van der Waals surface area contributed by atoms with Crippen molar-refractivity contribution in [3.63, 3.8) is 0 Å². The van der Waals surface area contributed by atoms with Crippen LogP contribution in [0.4, 0.5) is 4.39 Å². The van der Waals surface area contributed by atoms with Crippen LogP contribution >= 0.6 is 0 Å². The Morgan fingerprint density at radius 1 is 1.18 bits per heavy atom. The van der Waals surface area contributed by atoms with Gasteiger partial charge in [-0.25, -0.2) is 12.8 Å². The van der Waals surface area contributed by atoms with Gasteiger partial charge in [0, 0.05) is 24.6 Å². The minimum atomic E-state index is -3.30. The van der Waals surface area contributed by atoms with E-state index in [1.807, 2.05) is 25.1 Å². The Kier molecular flexibility index (Phi) is 9.82. The molecule has 0 saturated carbocycles. The lowest BCUT2D eigenvalue weighted by molar-refractivity contribution is -0.124. The summed E-state index contributed by atoms with van der Waals surface area (Å²) in [7, 11) is -3.30. The van der Waals surface area contributed by atoms with Crippen molar-refractivity contribution in [1.29, 1.82) is 0 Å². The normalized spacial score (nSPS) is 27.5. The number of rotatable bonds is 10. The van der Waals surface area contributed by atoms with Gasteiger partial charge in [-0.3, -0.25) is 4.79 Å². The molecule has 0 bridgehead atoms. The summed E-state index contributed by atoms with van der Waals surface area (Å²) >= 11 is 0. The average molecular weight is 546 g/mol. The molecular formula is C30H44FN3O3S. The van der Waals surface area contributed by atoms with Crippen LogP contribution in [0.2, 0.25) is 0 Å². The summed E-state index contributed by atoms with van der Waals surface area (Å²) < 4.78 is 38.6. The lowest BCUT2D eigenvalue weighted by Gasteiger charge is -2.46. The van der Waals surface area contributed by atoms with Crippen molar-refractivity contribution in [3.05, 3.63) is 58.8 Å². The molecule has 6 nitrogen and oxygen atoms in total. The number of carbonyl (C=O) groups excluding carboxylic acids is 1. The summed E-state index contributed by atoms with van der Waals surface area (Å²) in [5.41, 5.74) is 0.677. The van der Waals surface area contributed by atoms with Crippen LogP contribution in [0.5, 0.6) is 0 Å². The molecule has 1 amide bonds. The van der Waals surface area contributed by atoms with E-state index in [-0.39, 0.29) is 17.6 Å². The zero-order valence-electron chi connectivity index (χ0n) is 22.8. The number of benzene rings is 1. The third-order valence-electron chi connectivity index (χ3n) is 8.98. The molecule has 3 N–H and O–H groups in total. The molecule has 0 radical (unpaired) electrons. The highest BCUT2D eigenvalue weighted by atomic mass is 32.2. The quantitative estimate of drug-likeness (QED) is 0.408. The van der Waals surface area contributed by atoms with Crippen LogP contribution in [0.1, 0.15) is 63.4 Å². The Morgan fingerprint density at radius 3 is 2.61 bits per heavy atom. The maximum atomic E-state index is 14.2. The Labute approximate surface area is 227 Å². The fourth-order valence-electron chi connectivity index (χ4n) is 7.08. The summed E-state index contributed by atoms with van der Waals surface area (Å²) in [6.45, 7) is 6.25. The van der Waals surface area contributed by atoms with Gasteiger partial charge in [0.25, 0.3) is 0 Å². The third-order valence-corrected chi connectivity index (χ3v) is 10.1. The van der Waals surface area contributed by atoms with Gasteiger partial charge >= 0.3 is 0 Å². The zero-order valence-corrected chi connectivity index (χ0v) is 23.7. The number of amides is 1. The van der Waals surface area contributed by atoms with Crippen molar-refractivity contribution in [2.75, 3.05) is 39.0 Å². The Bertz CT molecular complexity index is 1130. The van der Waals surface area contributed by atoms with E-state index in [2.05, 4.69) is 22.0 Å². The molecule has 4 rings (SSSR count). The van der Waals surface area contributed by atoms with Crippen molar-refractivity contribution in [2.45, 2.75) is 57.8 Å². The summed E-state index contributed by atoms with van der Waals surface area (Å²) in [6.07, 6.45) is 12.8. The monoisotopic (exact) mass is 545 g/mol. The molecule has 2 saturated heterocycles. The topological polar surface area (TPSA) is 87.3 Å². The van der Waals surface area contributed by atoms with Crippen LogP contribution in [-0.2, 0) is 14.6 Å². The number of hydrogen-bond acceptors (Lipinski definition) is 5. The standard InChI is InChI=1S/C30H44FN3O3S/c1-3-34-29(35)20-30(14-9-26(10-15-30)38(2,36)37)28-13-18-33-21-24(28)7-8-27(22-11-16-32-17-12-22)23-5-4-6-25(31)19-23/h4-6,9-10,14,19,22,24,27-28,32-33H,3,7-8,11-13,15-18,20-21H2,1-2H3,(H,34,35). The number of carbonyl (C=O) groups is 1. The number of piperidine rings is 2. The lowest BCUT2D eigenvalue weighted by atomic mass is 9.60. The van der Waals surface area contributed by atoms with E-state index in [9.17, 15) is 17.6 Å². The molecule has 0 spiro atoms. The molecule has 8 heteroatoms. The Morgan fingerprint density at radius 2 is 1.95 bits per heavy atom. The highest BCUT2D eigenvalue weighted by Gasteiger charge is 2.44. The predicted molar refractivity (Wildman–Crippen MR) is 151 cm³/mol. The summed E-state index contributed by atoms with van der Waals surface area (Å²) in [6, 6.07) is 7.12. The molecule has 1 aromatic carbocycles. The summed E-state index contributed by atoms with van der Waals surface area (Å²) in [5.74, 6) is 1.24. The fourth-order valence-corrected chi connectivity index (χ4v) is 7.78. The minimum Gasteiger partial charge on any atom is -0.356 e. The van der Waals surface area contributed by atoms with Crippen molar-refractivity contribution < 1.29 is 17.6 Å². The Hall–Kier alpha value is -2.03. The van der Waals surface area contributed by atoms with Crippen molar-refractivity contribution in [3.8, 4) is 0 Å². The van der Waals surface area contributed by atoms with Gasteiger partial charge in [0.15, 0.2) is 9.84 Å². The molecule has 1 aromatic rings. The highest BCUT2D eigenvalue weighted by molar-refractivity contribution is 7.94. The van der Waals surface area contributed by atoms with Gasteiger partial charge in [-0.15, -0.1) is 0 Å². The molecule has 4 unspecified atom stereocenters. The molecule has 2 aliphatic heterocycles. The number of allylic oxidation sites excluding steroid dienone is 3. The van der Waals surface area contributed by atoms with Crippen LogP contribution < -0.4 is 16.0 Å². The molecule has 210 valence electrons. The molecule has 2 heterocycles. The van der Waals surface area contributed by atoms with Crippen molar-refractivity contribution in [2.24, 2.45) is 23.2 Å². The number of hydrogen-bond donors (Lipinski definition) is 3. The van der Waals surface area contributed by atoms with Crippen molar-refractivity contribution in [1.82, 2.24) is 16.0 Å². The van der Waals surface area contributed by atoms with Crippen LogP contribution in [0.3, 0.4) is 0 Å². The van der Waals surface area contributed by atoms with Crippen LogP contribution in [0.15, 0.2) is 47.4 Å². The van der Waals surface area contributed by atoms with Gasteiger partial charge in [0.2, 0.25) is 5.91 Å². The molecule has 38 heavy (non-hydrogen) atoms. The number of halogens is 1. The maximum absolute atomic E-state index is 14.2. The molecule has 4 atom stereocenters. The summed E-state index contributed by atoms with van der Waals surface area (Å²) in [4.78, 5) is 13.2. The number of sulfone groups is 1. The van der Waals surface area contributed by atoms with Crippen LogP contribution in [-0.4, -0.2) is 53.3 Å². The molecule has 3 aliphatic rings. The van der Waals surface area contributed by atoms with Gasteiger partial charge in [0.1, 0.15) is 5.82 Å². The molecule has 2 fully saturated rings. The van der Waals surface area contributed by atoms with E-state index in [1.54, 1.807) is 12.1 Å². The molecule has 0 aromatic heterocycles. The highest BCUT2D eigenvalue weighted by Crippen LogP contribution is 2.49. The van der Waals surface area contributed by atoms with E-state index in [1.165, 1.54) is 12.3 Å². The zero-order chi connectivity index (χ0) is 27.2. The maximum Gasteiger partial charge on any atom is 0.220 e. The van der Waals surface area contributed by atoms with E-state index in [0.717, 1.165) is 63.8 Å². The van der Waals surface area contributed by atoms with E-state index >= 15 is 0 Å². The predicted octanol–water partition coefficient (Wildman–Crippen LogP) is 4.32. The number of nitrogens with one attached hydrogen (secondary N) is 3. The van der Waals surface area contributed by atoms with Crippen LogP contribution in [0, 0.1) is 29.0 Å². The Balaban J connectivity index is 1.58. The van der Waals surface area contributed by atoms with Crippen molar-refractivity contribution >= 4 is 15.7 Å². The summed E-state index contributed by atoms with van der Waals surface area (Å²) in [5, 5.41) is 10.0. The fraction of sp³-hybridized carbons (Fsp3) is 0.633. The lowest BCUT2D eigenvalue weighted by Crippen LogP contribution is -2.47. The third kappa shape index (κ3) is 7.13. The first-order chi connectivity index (χ1) is 18.2. The molecular weight excluding hydrogens is 501 g/mol. The second-order valence-corrected chi connectivity index (χ2v) is 13.5.